The second-order valence-corrected chi connectivity index (χ2v) is 3.44. The van der Waals surface area contributed by atoms with Crippen LogP contribution in [0.25, 0.3) is 0 Å². The Labute approximate surface area is 68.6 Å². The average Bonchev–Trinajstić information content (AvgIpc) is 2.78. The molecule has 1 rings (SSSR count). The van der Waals surface area contributed by atoms with Gasteiger partial charge in [0.15, 0.2) is 0 Å². The van der Waals surface area contributed by atoms with E-state index in [1.807, 2.05) is 6.92 Å². The lowest BCUT2D eigenvalue weighted by molar-refractivity contribution is 0.204. The molecule has 0 aromatic heterocycles. The molecular formula is C9H18O2. The predicted octanol–water partition coefficient (Wildman–Crippen LogP) is 1.57. The molecule has 1 aliphatic rings. The van der Waals surface area contributed by atoms with E-state index in [0.29, 0.717) is 18.1 Å². The van der Waals surface area contributed by atoms with Crippen LogP contribution in [0.2, 0.25) is 0 Å². The molecule has 1 aliphatic heterocycles. The van der Waals surface area contributed by atoms with E-state index >= 15 is 0 Å². The van der Waals surface area contributed by atoms with Gasteiger partial charge in [-0.1, -0.05) is 26.7 Å². The summed E-state index contributed by atoms with van der Waals surface area (Å²) < 4.78 is 5.41. The number of epoxide rings is 1. The van der Waals surface area contributed by atoms with Crippen molar-refractivity contribution in [3.05, 3.63) is 0 Å². The van der Waals surface area contributed by atoms with E-state index in [1.54, 1.807) is 0 Å². The summed E-state index contributed by atoms with van der Waals surface area (Å²) in [7, 11) is 0. The van der Waals surface area contributed by atoms with Gasteiger partial charge >= 0.3 is 0 Å². The normalized spacial score (nSPS) is 31.9. The Kier molecular flexibility index (Phi) is 3.34. The van der Waals surface area contributed by atoms with Gasteiger partial charge in [-0.05, 0) is 6.42 Å². The Bertz CT molecular complexity index is 114. The van der Waals surface area contributed by atoms with Gasteiger partial charge in [0.2, 0.25) is 0 Å². The number of ether oxygens (including phenoxy) is 1. The zero-order valence-corrected chi connectivity index (χ0v) is 7.42. The second-order valence-electron chi connectivity index (χ2n) is 3.44. The molecule has 0 saturated carbocycles. The van der Waals surface area contributed by atoms with Crippen molar-refractivity contribution >= 4 is 0 Å². The highest BCUT2D eigenvalue weighted by molar-refractivity contribution is 4.88. The highest BCUT2D eigenvalue weighted by atomic mass is 16.6. The first-order chi connectivity index (χ1) is 5.29. The highest BCUT2D eigenvalue weighted by Crippen LogP contribution is 2.32. The molecule has 0 bridgehead atoms. The fourth-order valence-corrected chi connectivity index (χ4v) is 1.40. The number of aliphatic hydroxyl groups is 1. The monoisotopic (exact) mass is 158 g/mol. The third kappa shape index (κ3) is 2.46. The van der Waals surface area contributed by atoms with Crippen LogP contribution in [0.15, 0.2) is 0 Å². The maximum atomic E-state index is 8.81. The molecule has 1 fully saturated rings. The van der Waals surface area contributed by atoms with Gasteiger partial charge in [-0.25, -0.2) is 0 Å². The van der Waals surface area contributed by atoms with Gasteiger partial charge in [0.1, 0.15) is 0 Å². The zero-order chi connectivity index (χ0) is 8.27. The summed E-state index contributed by atoms with van der Waals surface area (Å²) in [4.78, 5) is 0. The van der Waals surface area contributed by atoms with E-state index in [9.17, 15) is 0 Å². The molecule has 1 saturated heterocycles. The fourth-order valence-electron chi connectivity index (χ4n) is 1.40. The third-order valence-corrected chi connectivity index (χ3v) is 2.31. The Morgan fingerprint density at radius 1 is 1.55 bits per heavy atom. The van der Waals surface area contributed by atoms with Crippen LogP contribution in [0.1, 0.15) is 33.1 Å². The number of unbranched alkanes of at least 4 members (excludes halogenated alkanes) is 1. The molecule has 66 valence electrons. The standard InChI is InChI=1S/C9H18O2/c1-3-4-5-8-9(11-8)7(2)6-10/h7-10H,3-6H2,1-2H3/t7-,8+,9-/m1/s1. The first-order valence-electron chi connectivity index (χ1n) is 4.56. The summed E-state index contributed by atoms with van der Waals surface area (Å²) >= 11 is 0. The van der Waals surface area contributed by atoms with Gasteiger partial charge in [0.05, 0.1) is 12.2 Å². The van der Waals surface area contributed by atoms with Crippen molar-refractivity contribution in [2.75, 3.05) is 6.61 Å². The first kappa shape index (κ1) is 9.01. The quantitative estimate of drug-likeness (QED) is 0.616. The van der Waals surface area contributed by atoms with Crippen LogP contribution in [0.3, 0.4) is 0 Å². The molecule has 2 heteroatoms. The van der Waals surface area contributed by atoms with Gasteiger partial charge in [-0.3, -0.25) is 0 Å². The molecule has 0 spiro atoms. The lowest BCUT2D eigenvalue weighted by Crippen LogP contribution is -2.10. The number of hydrogen-bond acceptors (Lipinski definition) is 2. The first-order valence-corrected chi connectivity index (χ1v) is 4.56. The van der Waals surface area contributed by atoms with Crippen LogP contribution in [0.4, 0.5) is 0 Å². The van der Waals surface area contributed by atoms with Crippen molar-refractivity contribution in [3.8, 4) is 0 Å². The summed E-state index contributed by atoms with van der Waals surface area (Å²) in [6.07, 6.45) is 4.47. The molecule has 2 nitrogen and oxygen atoms in total. The van der Waals surface area contributed by atoms with E-state index < -0.39 is 0 Å². The Morgan fingerprint density at radius 3 is 2.82 bits per heavy atom. The van der Waals surface area contributed by atoms with E-state index in [4.69, 9.17) is 9.84 Å². The van der Waals surface area contributed by atoms with E-state index in [-0.39, 0.29) is 6.61 Å². The minimum atomic E-state index is 0.257. The van der Waals surface area contributed by atoms with Crippen molar-refractivity contribution in [3.63, 3.8) is 0 Å². The minimum Gasteiger partial charge on any atom is -0.396 e. The van der Waals surface area contributed by atoms with Crippen LogP contribution < -0.4 is 0 Å². The van der Waals surface area contributed by atoms with Crippen LogP contribution in [0.5, 0.6) is 0 Å². The predicted molar refractivity (Wildman–Crippen MR) is 44.4 cm³/mol. The summed E-state index contributed by atoms with van der Waals surface area (Å²) in [5, 5.41) is 8.81. The topological polar surface area (TPSA) is 32.8 Å². The van der Waals surface area contributed by atoms with Crippen LogP contribution in [-0.2, 0) is 4.74 Å². The molecule has 0 amide bonds. The Balaban J connectivity index is 2.06. The van der Waals surface area contributed by atoms with Crippen molar-refractivity contribution in [2.24, 2.45) is 5.92 Å². The average molecular weight is 158 g/mol. The van der Waals surface area contributed by atoms with Crippen LogP contribution in [-0.4, -0.2) is 23.9 Å². The Hall–Kier alpha value is -0.0800. The lowest BCUT2D eigenvalue weighted by Gasteiger charge is -2.00. The molecule has 1 heterocycles. The lowest BCUT2D eigenvalue weighted by atomic mass is 10.0. The summed E-state index contributed by atoms with van der Waals surface area (Å²) in [6, 6.07) is 0. The highest BCUT2D eigenvalue weighted by Gasteiger charge is 2.41. The molecule has 1 N–H and O–H groups in total. The third-order valence-electron chi connectivity index (χ3n) is 2.31. The smallest absolute Gasteiger partial charge is 0.0889 e. The SMILES string of the molecule is CCCC[C@@H]1O[C@@H]1[C@H](C)CO. The summed E-state index contributed by atoms with van der Waals surface area (Å²) in [5.74, 6) is 0.330. The molecule has 0 aromatic rings. The number of rotatable bonds is 5. The maximum absolute atomic E-state index is 8.81. The molecule has 3 atom stereocenters. The van der Waals surface area contributed by atoms with Crippen molar-refractivity contribution in [1.29, 1.82) is 0 Å². The maximum Gasteiger partial charge on any atom is 0.0889 e. The minimum absolute atomic E-state index is 0.257. The molecule has 11 heavy (non-hydrogen) atoms. The fraction of sp³-hybridized carbons (Fsp3) is 1.00. The molecular weight excluding hydrogens is 140 g/mol. The van der Waals surface area contributed by atoms with Gasteiger partial charge in [-0.2, -0.15) is 0 Å². The van der Waals surface area contributed by atoms with E-state index in [0.717, 1.165) is 0 Å². The largest absolute Gasteiger partial charge is 0.396 e. The zero-order valence-electron chi connectivity index (χ0n) is 7.42. The van der Waals surface area contributed by atoms with Crippen molar-refractivity contribution in [2.45, 2.75) is 45.3 Å². The van der Waals surface area contributed by atoms with E-state index in [2.05, 4.69) is 6.92 Å². The number of aliphatic hydroxyl groups excluding tert-OH is 1. The van der Waals surface area contributed by atoms with Gasteiger partial charge in [0.25, 0.3) is 0 Å². The van der Waals surface area contributed by atoms with E-state index in [1.165, 1.54) is 19.3 Å². The van der Waals surface area contributed by atoms with Crippen LogP contribution >= 0.6 is 0 Å². The summed E-state index contributed by atoms with van der Waals surface area (Å²) in [6.45, 7) is 4.48. The van der Waals surface area contributed by atoms with Crippen molar-refractivity contribution in [1.82, 2.24) is 0 Å². The van der Waals surface area contributed by atoms with Crippen LogP contribution in [0, 0.1) is 5.92 Å². The molecule has 0 aliphatic carbocycles. The number of hydrogen-bond donors (Lipinski definition) is 1. The van der Waals surface area contributed by atoms with Gasteiger partial charge in [0, 0.05) is 12.5 Å². The molecule has 0 radical (unpaired) electrons. The molecule has 0 aromatic carbocycles. The van der Waals surface area contributed by atoms with Gasteiger partial charge in [-0.15, -0.1) is 0 Å². The van der Waals surface area contributed by atoms with Crippen molar-refractivity contribution < 1.29 is 9.84 Å². The van der Waals surface area contributed by atoms with Gasteiger partial charge < -0.3 is 9.84 Å². The molecule has 0 unspecified atom stereocenters. The second kappa shape index (κ2) is 4.07. The Morgan fingerprint density at radius 2 is 2.27 bits per heavy atom. The summed E-state index contributed by atoms with van der Waals surface area (Å²) in [5.41, 5.74) is 0.